The molecule has 1 aliphatic rings. The SMILES string of the molecule is CNCC(C)(C)CN1CCNCC1. The molecule has 3 heteroatoms. The third-order valence-electron chi connectivity index (χ3n) is 2.52. The van der Waals surface area contributed by atoms with Crippen molar-refractivity contribution in [2.24, 2.45) is 5.41 Å². The van der Waals surface area contributed by atoms with Gasteiger partial charge < -0.3 is 15.5 Å². The van der Waals surface area contributed by atoms with Gasteiger partial charge in [0.2, 0.25) is 0 Å². The Morgan fingerprint density at radius 1 is 1.31 bits per heavy atom. The Morgan fingerprint density at radius 3 is 2.46 bits per heavy atom. The lowest BCUT2D eigenvalue weighted by Crippen LogP contribution is -2.48. The number of nitrogens with one attached hydrogen (secondary N) is 2. The highest BCUT2D eigenvalue weighted by Gasteiger charge is 2.21. The van der Waals surface area contributed by atoms with E-state index in [4.69, 9.17) is 0 Å². The maximum absolute atomic E-state index is 3.38. The molecule has 3 nitrogen and oxygen atoms in total. The standard InChI is InChI=1S/C10H23N3/c1-10(2,8-11-3)9-13-6-4-12-5-7-13/h11-12H,4-9H2,1-3H3. The largest absolute Gasteiger partial charge is 0.319 e. The number of hydrogen-bond acceptors (Lipinski definition) is 3. The summed E-state index contributed by atoms with van der Waals surface area (Å²) in [5.74, 6) is 0. The number of hydrogen-bond donors (Lipinski definition) is 2. The average Bonchev–Trinajstić information content (AvgIpc) is 2.04. The fourth-order valence-electron chi connectivity index (χ4n) is 2.01. The lowest BCUT2D eigenvalue weighted by molar-refractivity contribution is 0.160. The molecule has 0 amide bonds. The van der Waals surface area contributed by atoms with Gasteiger partial charge in [-0.1, -0.05) is 13.8 Å². The van der Waals surface area contributed by atoms with Gasteiger partial charge in [0.15, 0.2) is 0 Å². The van der Waals surface area contributed by atoms with Gasteiger partial charge in [-0.15, -0.1) is 0 Å². The van der Waals surface area contributed by atoms with Crippen LogP contribution in [0.15, 0.2) is 0 Å². The highest BCUT2D eigenvalue weighted by Crippen LogP contribution is 2.15. The van der Waals surface area contributed by atoms with E-state index in [0.29, 0.717) is 5.41 Å². The molecule has 0 atom stereocenters. The Bertz CT molecular complexity index is 139. The zero-order chi connectivity index (χ0) is 9.73. The minimum atomic E-state index is 0.395. The molecule has 2 N–H and O–H groups in total. The topological polar surface area (TPSA) is 27.3 Å². The molecule has 0 radical (unpaired) electrons. The fraction of sp³-hybridized carbons (Fsp3) is 1.00. The molecule has 0 unspecified atom stereocenters. The molecule has 1 aliphatic heterocycles. The number of piperazine rings is 1. The summed E-state index contributed by atoms with van der Waals surface area (Å²) in [5, 5.41) is 6.63. The number of rotatable bonds is 4. The molecule has 1 rings (SSSR count). The molecule has 1 heterocycles. The van der Waals surface area contributed by atoms with Crippen LogP contribution in [0.5, 0.6) is 0 Å². The summed E-state index contributed by atoms with van der Waals surface area (Å²) in [6, 6.07) is 0. The van der Waals surface area contributed by atoms with Gasteiger partial charge in [-0.3, -0.25) is 0 Å². The molecule has 0 spiro atoms. The quantitative estimate of drug-likeness (QED) is 0.652. The zero-order valence-electron chi connectivity index (χ0n) is 9.19. The molecule has 0 aliphatic carbocycles. The van der Waals surface area contributed by atoms with Gasteiger partial charge in [-0.25, -0.2) is 0 Å². The highest BCUT2D eigenvalue weighted by molar-refractivity contribution is 4.78. The van der Waals surface area contributed by atoms with Gasteiger partial charge in [0.1, 0.15) is 0 Å². The summed E-state index contributed by atoms with van der Waals surface area (Å²) in [4.78, 5) is 2.55. The zero-order valence-corrected chi connectivity index (χ0v) is 9.19. The van der Waals surface area contributed by atoms with Gasteiger partial charge in [-0.2, -0.15) is 0 Å². The second kappa shape index (κ2) is 4.94. The van der Waals surface area contributed by atoms with Crippen LogP contribution in [-0.4, -0.2) is 51.2 Å². The third-order valence-corrected chi connectivity index (χ3v) is 2.52. The Balaban J connectivity index is 2.28. The van der Waals surface area contributed by atoms with Gasteiger partial charge in [-0.05, 0) is 12.5 Å². The summed E-state index contributed by atoms with van der Waals surface area (Å²) in [5.41, 5.74) is 0.395. The minimum Gasteiger partial charge on any atom is -0.319 e. The molecule has 1 fully saturated rings. The van der Waals surface area contributed by atoms with Crippen LogP contribution in [0.1, 0.15) is 13.8 Å². The van der Waals surface area contributed by atoms with Gasteiger partial charge in [0.05, 0.1) is 0 Å². The molecule has 78 valence electrons. The van der Waals surface area contributed by atoms with Crippen LogP contribution in [-0.2, 0) is 0 Å². The molecule has 0 saturated carbocycles. The van der Waals surface area contributed by atoms with Crippen molar-refractivity contribution in [1.82, 2.24) is 15.5 Å². The molecule has 13 heavy (non-hydrogen) atoms. The van der Waals surface area contributed by atoms with Crippen LogP contribution >= 0.6 is 0 Å². The van der Waals surface area contributed by atoms with Crippen LogP contribution in [0, 0.1) is 5.41 Å². The van der Waals surface area contributed by atoms with Crippen molar-refractivity contribution >= 4 is 0 Å². The van der Waals surface area contributed by atoms with Crippen LogP contribution in [0.2, 0.25) is 0 Å². The van der Waals surface area contributed by atoms with E-state index in [1.54, 1.807) is 0 Å². The summed E-state index contributed by atoms with van der Waals surface area (Å²) < 4.78 is 0. The molecule has 1 saturated heterocycles. The minimum absolute atomic E-state index is 0.395. The van der Waals surface area contributed by atoms with Crippen molar-refractivity contribution in [2.75, 3.05) is 46.3 Å². The van der Waals surface area contributed by atoms with E-state index in [1.807, 2.05) is 7.05 Å². The van der Waals surface area contributed by atoms with E-state index in [-0.39, 0.29) is 0 Å². The predicted octanol–water partition coefficient (Wildman–Crippen LogP) is 0.137. The Hall–Kier alpha value is -0.120. The van der Waals surface area contributed by atoms with E-state index in [0.717, 1.165) is 19.6 Å². The summed E-state index contributed by atoms with van der Waals surface area (Å²) in [6.45, 7) is 11.6. The molecular formula is C10H23N3. The van der Waals surface area contributed by atoms with E-state index in [9.17, 15) is 0 Å². The molecule has 0 aromatic carbocycles. The third kappa shape index (κ3) is 4.07. The van der Waals surface area contributed by atoms with Gasteiger partial charge in [0, 0.05) is 39.3 Å². The van der Waals surface area contributed by atoms with Crippen molar-refractivity contribution in [2.45, 2.75) is 13.8 Å². The van der Waals surface area contributed by atoms with E-state index in [2.05, 4.69) is 29.4 Å². The normalized spacial score (nSPS) is 20.5. The van der Waals surface area contributed by atoms with Crippen molar-refractivity contribution in [1.29, 1.82) is 0 Å². The fourth-order valence-corrected chi connectivity index (χ4v) is 2.01. The average molecular weight is 185 g/mol. The van der Waals surface area contributed by atoms with Crippen molar-refractivity contribution < 1.29 is 0 Å². The first-order chi connectivity index (χ1) is 6.14. The smallest absolute Gasteiger partial charge is 0.0108 e. The lowest BCUT2D eigenvalue weighted by Gasteiger charge is -2.35. The van der Waals surface area contributed by atoms with E-state index < -0.39 is 0 Å². The molecule has 0 aromatic rings. The predicted molar refractivity (Wildman–Crippen MR) is 57.0 cm³/mol. The van der Waals surface area contributed by atoms with E-state index in [1.165, 1.54) is 19.6 Å². The maximum atomic E-state index is 3.38. The van der Waals surface area contributed by atoms with Crippen molar-refractivity contribution in [3.05, 3.63) is 0 Å². The first-order valence-corrected chi connectivity index (χ1v) is 5.22. The Morgan fingerprint density at radius 2 is 1.92 bits per heavy atom. The molecule has 0 bridgehead atoms. The number of nitrogens with zero attached hydrogens (tertiary/aromatic N) is 1. The van der Waals surface area contributed by atoms with Gasteiger partial charge >= 0.3 is 0 Å². The first kappa shape index (κ1) is 11.0. The maximum Gasteiger partial charge on any atom is 0.0108 e. The first-order valence-electron chi connectivity index (χ1n) is 5.22. The Kier molecular flexibility index (Phi) is 4.16. The summed E-state index contributed by atoms with van der Waals surface area (Å²) >= 11 is 0. The summed E-state index contributed by atoms with van der Waals surface area (Å²) in [7, 11) is 2.03. The Labute approximate surface area is 81.9 Å². The second-order valence-electron chi connectivity index (χ2n) is 4.72. The van der Waals surface area contributed by atoms with Crippen molar-refractivity contribution in [3.8, 4) is 0 Å². The van der Waals surface area contributed by atoms with Crippen molar-refractivity contribution in [3.63, 3.8) is 0 Å². The molecule has 0 aromatic heterocycles. The van der Waals surface area contributed by atoms with Crippen LogP contribution in [0.3, 0.4) is 0 Å². The lowest BCUT2D eigenvalue weighted by atomic mass is 9.92. The monoisotopic (exact) mass is 185 g/mol. The van der Waals surface area contributed by atoms with E-state index >= 15 is 0 Å². The highest BCUT2D eigenvalue weighted by atomic mass is 15.2. The molecular weight excluding hydrogens is 162 g/mol. The van der Waals surface area contributed by atoms with Crippen LogP contribution < -0.4 is 10.6 Å². The van der Waals surface area contributed by atoms with Crippen LogP contribution in [0.25, 0.3) is 0 Å². The van der Waals surface area contributed by atoms with Gasteiger partial charge in [0.25, 0.3) is 0 Å². The van der Waals surface area contributed by atoms with Crippen LogP contribution in [0.4, 0.5) is 0 Å². The summed E-state index contributed by atoms with van der Waals surface area (Å²) in [6.07, 6.45) is 0. The second-order valence-corrected chi connectivity index (χ2v) is 4.72.